The Morgan fingerprint density at radius 1 is 1.26 bits per heavy atom. The second-order valence-corrected chi connectivity index (χ2v) is 5.00. The smallest absolute Gasteiger partial charge is 0.339 e. The molecule has 1 unspecified atom stereocenters. The predicted molar refractivity (Wildman–Crippen MR) is 81.6 cm³/mol. The Kier molecular flexibility index (Phi) is 3.65. The summed E-state index contributed by atoms with van der Waals surface area (Å²) < 4.78 is 15.9. The Morgan fingerprint density at radius 2 is 2.04 bits per heavy atom. The van der Waals surface area contributed by atoms with E-state index >= 15 is 0 Å². The number of phenolic OH excluding ortho intramolecular Hbond substituents is 1. The Balaban J connectivity index is 2.15. The normalized spacial score (nSPS) is 16.4. The van der Waals surface area contributed by atoms with Gasteiger partial charge in [0.05, 0.1) is 23.8 Å². The summed E-state index contributed by atoms with van der Waals surface area (Å²) in [4.78, 5) is 24.3. The largest absolute Gasteiger partial charge is 0.508 e. The third-order valence-corrected chi connectivity index (χ3v) is 3.55. The first kappa shape index (κ1) is 14.9. The van der Waals surface area contributed by atoms with Gasteiger partial charge in [0.25, 0.3) is 0 Å². The average molecular weight is 314 g/mol. The zero-order valence-electron chi connectivity index (χ0n) is 12.5. The molecule has 0 aliphatic carbocycles. The molecule has 0 saturated heterocycles. The van der Waals surface area contributed by atoms with Crippen LogP contribution in [0.25, 0.3) is 6.08 Å². The van der Waals surface area contributed by atoms with Gasteiger partial charge in [-0.3, -0.25) is 4.79 Å². The number of benzene rings is 1. The minimum absolute atomic E-state index is 0.117. The van der Waals surface area contributed by atoms with Crippen molar-refractivity contribution in [1.29, 1.82) is 0 Å². The zero-order valence-corrected chi connectivity index (χ0v) is 12.5. The molecular formula is C17H14O6. The van der Waals surface area contributed by atoms with E-state index in [1.165, 1.54) is 31.6 Å². The maximum Gasteiger partial charge on any atom is 0.339 e. The molecule has 0 saturated carbocycles. The highest BCUT2D eigenvalue weighted by Crippen LogP contribution is 2.42. The fourth-order valence-corrected chi connectivity index (χ4v) is 2.55. The topological polar surface area (TPSA) is 86.0 Å². The number of methoxy groups -OCH3 is 1. The standard InChI is InChI=1S/C17H14O6/c1-3-4-10-7-13(19)12(8-22-10)16-15-11(17(20)23-16)5-9(18)6-14(15)21-2/h3-8,16,18H,1-2H3/b4-3+. The van der Waals surface area contributed by atoms with Gasteiger partial charge in [-0.15, -0.1) is 0 Å². The molecule has 2 heterocycles. The van der Waals surface area contributed by atoms with E-state index in [-0.39, 0.29) is 28.1 Å². The number of aromatic hydroxyl groups is 1. The van der Waals surface area contributed by atoms with Crippen LogP contribution in [-0.2, 0) is 4.74 Å². The first-order valence-corrected chi connectivity index (χ1v) is 6.92. The maximum absolute atomic E-state index is 12.3. The molecule has 118 valence electrons. The molecule has 3 rings (SSSR count). The quantitative estimate of drug-likeness (QED) is 0.877. The van der Waals surface area contributed by atoms with E-state index in [9.17, 15) is 14.7 Å². The molecule has 2 aromatic rings. The van der Waals surface area contributed by atoms with Gasteiger partial charge in [-0.2, -0.15) is 0 Å². The third-order valence-electron chi connectivity index (χ3n) is 3.55. The summed E-state index contributed by atoms with van der Waals surface area (Å²) in [5.74, 6) is -0.0685. The first-order valence-electron chi connectivity index (χ1n) is 6.92. The molecule has 1 aliphatic heterocycles. The van der Waals surface area contributed by atoms with E-state index < -0.39 is 12.1 Å². The molecule has 1 N–H and O–H groups in total. The fraction of sp³-hybridized carbons (Fsp3) is 0.176. The molecule has 0 bridgehead atoms. The summed E-state index contributed by atoms with van der Waals surface area (Å²) in [7, 11) is 1.41. The van der Waals surface area contributed by atoms with Crippen LogP contribution in [0.5, 0.6) is 11.5 Å². The number of allylic oxidation sites excluding steroid dienone is 1. The molecule has 0 radical (unpaired) electrons. The van der Waals surface area contributed by atoms with Gasteiger partial charge in [-0.1, -0.05) is 6.08 Å². The maximum atomic E-state index is 12.3. The molecule has 0 amide bonds. The number of carbonyl (C=O) groups is 1. The highest BCUT2D eigenvalue weighted by atomic mass is 16.6. The Bertz CT molecular complexity index is 862. The van der Waals surface area contributed by atoms with E-state index in [4.69, 9.17) is 13.9 Å². The molecular weight excluding hydrogens is 300 g/mol. The van der Waals surface area contributed by atoms with E-state index in [0.29, 0.717) is 11.3 Å². The summed E-state index contributed by atoms with van der Waals surface area (Å²) in [5, 5.41) is 9.66. The van der Waals surface area contributed by atoms with Crippen LogP contribution in [-0.4, -0.2) is 18.2 Å². The van der Waals surface area contributed by atoms with Crippen LogP contribution < -0.4 is 10.2 Å². The lowest BCUT2D eigenvalue weighted by molar-refractivity contribution is 0.0450. The molecule has 0 fully saturated rings. The van der Waals surface area contributed by atoms with Crippen LogP contribution in [0.2, 0.25) is 0 Å². The van der Waals surface area contributed by atoms with Crippen LogP contribution in [0.4, 0.5) is 0 Å². The number of esters is 1. The Morgan fingerprint density at radius 3 is 2.70 bits per heavy atom. The highest BCUT2D eigenvalue weighted by Gasteiger charge is 2.37. The SMILES string of the molecule is C/C=C/c1cc(=O)c(C2OC(=O)c3cc(O)cc(OC)c32)co1. The molecule has 6 heteroatoms. The van der Waals surface area contributed by atoms with Gasteiger partial charge in [0.2, 0.25) is 0 Å². The lowest BCUT2D eigenvalue weighted by Gasteiger charge is -2.13. The predicted octanol–water partition coefficient (Wildman–Crippen LogP) is 2.65. The molecule has 1 atom stereocenters. The van der Waals surface area contributed by atoms with Crippen LogP contribution in [0.1, 0.15) is 40.3 Å². The summed E-state index contributed by atoms with van der Waals surface area (Å²) in [6.07, 6.45) is 3.74. The van der Waals surface area contributed by atoms with E-state index in [1.807, 2.05) is 0 Å². The van der Waals surface area contributed by atoms with Gasteiger partial charge in [0.1, 0.15) is 23.5 Å². The van der Waals surface area contributed by atoms with Crippen molar-refractivity contribution in [3.63, 3.8) is 0 Å². The van der Waals surface area contributed by atoms with Crippen LogP contribution in [0, 0.1) is 0 Å². The number of hydrogen-bond donors (Lipinski definition) is 1. The molecule has 1 aliphatic rings. The fourth-order valence-electron chi connectivity index (χ4n) is 2.55. The number of cyclic esters (lactones) is 1. The van der Waals surface area contributed by atoms with E-state index in [2.05, 4.69) is 0 Å². The zero-order chi connectivity index (χ0) is 16.6. The second kappa shape index (κ2) is 5.64. The number of fused-ring (bicyclic) bond motifs is 1. The van der Waals surface area contributed by atoms with Crippen molar-refractivity contribution in [3.8, 4) is 11.5 Å². The second-order valence-electron chi connectivity index (χ2n) is 5.00. The molecule has 23 heavy (non-hydrogen) atoms. The van der Waals surface area contributed by atoms with Gasteiger partial charge in [-0.05, 0) is 19.1 Å². The minimum Gasteiger partial charge on any atom is -0.508 e. The average Bonchev–Trinajstić information content (AvgIpc) is 2.84. The van der Waals surface area contributed by atoms with Gasteiger partial charge < -0.3 is 19.0 Å². The number of ether oxygens (including phenoxy) is 2. The van der Waals surface area contributed by atoms with Crippen LogP contribution >= 0.6 is 0 Å². The molecule has 1 aromatic carbocycles. The number of hydrogen-bond acceptors (Lipinski definition) is 6. The monoisotopic (exact) mass is 314 g/mol. The summed E-state index contributed by atoms with van der Waals surface area (Å²) >= 11 is 0. The number of rotatable bonds is 3. The molecule has 1 aromatic heterocycles. The van der Waals surface area contributed by atoms with Crippen molar-refractivity contribution >= 4 is 12.0 Å². The first-order chi connectivity index (χ1) is 11.0. The summed E-state index contributed by atoms with van der Waals surface area (Å²) in [6, 6.07) is 3.98. The Hall–Kier alpha value is -3.02. The van der Waals surface area contributed by atoms with Gasteiger partial charge >= 0.3 is 5.97 Å². The number of phenols is 1. The van der Waals surface area contributed by atoms with Crippen molar-refractivity contribution in [1.82, 2.24) is 0 Å². The van der Waals surface area contributed by atoms with Crippen molar-refractivity contribution < 1.29 is 23.8 Å². The highest BCUT2D eigenvalue weighted by molar-refractivity contribution is 5.96. The lowest BCUT2D eigenvalue weighted by Crippen LogP contribution is -2.14. The summed E-state index contributed by atoms with van der Waals surface area (Å²) in [5.41, 5.74) is 0.449. The molecule has 0 spiro atoms. The summed E-state index contributed by atoms with van der Waals surface area (Å²) in [6.45, 7) is 1.81. The van der Waals surface area contributed by atoms with Crippen molar-refractivity contribution in [3.05, 3.63) is 63.2 Å². The van der Waals surface area contributed by atoms with Gasteiger partial charge in [-0.25, -0.2) is 4.79 Å². The third kappa shape index (κ3) is 2.48. The Labute approximate surface area is 131 Å². The van der Waals surface area contributed by atoms with Gasteiger partial charge in [0.15, 0.2) is 11.5 Å². The molecule has 6 nitrogen and oxygen atoms in total. The van der Waals surface area contributed by atoms with Crippen LogP contribution in [0.15, 0.2) is 39.7 Å². The van der Waals surface area contributed by atoms with Gasteiger partial charge in [0, 0.05) is 12.1 Å². The van der Waals surface area contributed by atoms with E-state index in [0.717, 1.165) is 0 Å². The lowest BCUT2D eigenvalue weighted by atomic mass is 9.98. The van der Waals surface area contributed by atoms with Crippen LogP contribution in [0.3, 0.4) is 0 Å². The van der Waals surface area contributed by atoms with E-state index in [1.54, 1.807) is 19.1 Å². The van der Waals surface area contributed by atoms with Crippen molar-refractivity contribution in [2.24, 2.45) is 0 Å². The van der Waals surface area contributed by atoms with Crippen molar-refractivity contribution in [2.75, 3.05) is 7.11 Å². The minimum atomic E-state index is -0.927. The van der Waals surface area contributed by atoms with Crippen molar-refractivity contribution in [2.45, 2.75) is 13.0 Å². The number of carbonyl (C=O) groups excluding carboxylic acids is 1.